The molecular weight excluding hydrogens is 713 g/mol. The number of ether oxygens (including phenoxy) is 1. The van der Waals surface area contributed by atoms with E-state index in [1.165, 1.54) is 0 Å². The average Bonchev–Trinajstić information content (AvgIpc) is 3.35. The van der Waals surface area contributed by atoms with Gasteiger partial charge in [-0.05, 0) is 130 Å². The molecule has 0 radical (unpaired) electrons. The Morgan fingerprint density at radius 2 is 0.966 bits per heavy atom. The monoisotopic (exact) mass is 753 g/mol. The number of rotatable bonds is 5. The minimum Gasteiger partial charge on any atom is -0.455 e. The zero-order valence-electron chi connectivity index (χ0n) is 36.8. The van der Waals surface area contributed by atoms with Crippen LogP contribution >= 0.6 is 0 Å². The molecule has 1 aliphatic rings. The van der Waals surface area contributed by atoms with Gasteiger partial charge in [0.05, 0.1) is 6.85 Å². The molecule has 1 aliphatic heterocycles. The molecule has 0 N–H and O–H groups in total. The Bertz CT molecular complexity index is 3720. The lowest BCUT2D eigenvalue weighted by Gasteiger charge is -2.25. The molecule has 0 bridgehead atoms. The van der Waals surface area contributed by atoms with E-state index in [2.05, 4.69) is 146 Å². The summed E-state index contributed by atoms with van der Waals surface area (Å²) in [5.74, 6) is 1.61. The second kappa shape index (κ2) is 13.4. The Kier molecular flexibility index (Phi) is 6.52. The lowest BCUT2D eigenvalue weighted by Crippen LogP contribution is -2.00. The van der Waals surface area contributed by atoms with E-state index in [0.717, 1.165) is 110 Å². The predicted molar refractivity (Wildman–Crippen MR) is 249 cm³/mol. The molecule has 0 saturated heterocycles. The highest BCUT2D eigenvalue weighted by Crippen LogP contribution is 2.53. The summed E-state index contributed by atoms with van der Waals surface area (Å²) in [6.45, 7) is 0. The summed E-state index contributed by atoms with van der Waals surface area (Å²) in [6.07, 6.45) is 0. The summed E-state index contributed by atoms with van der Waals surface area (Å²) >= 11 is 0. The van der Waals surface area contributed by atoms with Crippen molar-refractivity contribution in [2.24, 2.45) is 0 Å². The fraction of sp³-hybridized carbons (Fsp3) is 0. The van der Waals surface area contributed by atoms with Gasteiger partial charge in [-0.1, -0.05) is 182 Å². The van der Waals surface area contributed by atoms with Gasteiger partial charge in [0.1, 0.15) is 11.5 Å². The molecule has 1 heterocycles. The molecule has 0 aliphatic carbocycles. The van der Waals surface area contributed by atoms with Crippen LogP contribution in [0.3, 0.4) is 0 Å². The molecule has 11 aromatic carbocycles. The molecule has 0 atom stereocenters. The molecule has 1 nitrogen and oxygen atoms in total. The molecule has 59 heavy (non-hydrogen) atoms. The van der Waals surface area contributed by atoms with Gasteiger partial charge in [0.15, 0.2) is 0 Å². The van der Waals surface area contributed by atoms with E-state index in [4.69, 9.17) is 8.85 Å². The first-order valence-corrected chi connectivity index (χ1v) is 19.9. The van der Waals surface area contributed by atoms with Crippen molar-refractivity contribution >= 4 is 43.1 Å². The van der Waals surface area contributed by atoms with Crippen molar-refractivity contribution in [2.45, 2.75) is 0 Å². The first-order valence-electron chi connectivity index (χ1n) is 22.4. The van der Waals surface area contributed by atoms with Crippen LogP contribution in [-0.4, -0.2) is 0 Å². The van der Waals surface area contributed by atoms with Gasteiger partial charge in [0.25, 0.3) is 0 Å². The van der Waals surface area contributed by atoms with Gasteiger partial charge in [-0.15, -0.1) is 0 Å². The van der Waals surface area contributed by atoms with Crippen molar-refractivity contribution in [3.05, 3.63) is 218 Å². The number of fused-ring (bicyclic) bond motifs is 6. The van der Waals surface area contributed by atoms with Crippen LogP contribution < -0.4 is 4.74 Å². The molecule has 0 unspecified atom stereocenters. The number of hydrogen-bond donors (Lipinski definition) is 0. The van der Waals surface area contributed by atoms with Gasteiger partial charge in [-0.25, -0.2) is 0 Å². The van der Waals surface area contributed by atoms with Crippen LogP contribution in [-0.2, 0) is 0 Å². The number of benzene rings is 11. The number of hydrogen-bond acceptors (Lipinski definition) is 1. The van der Waals surface area contributed by atoms with Crippen molar-refractivity contribution in [3.8, 4) is 78.3 Å². The Labute approximate surface area is 350 Å². The third-order valence-electron chi connectivity index (χ3n) is 11.9. The smallest absolute Gasteiger partial charge is 0.143 e. The zero-order valence-corrected chi connectivity index (χ0v) is 31.8. The molecule has 11 aromatic rings. The summed E-state index contributed by atoms with van der Waals surface area (Å²) in [7, 11) is 0. The predicted octanol–water partition coefficient (Wildman–Crippen LogP) is 16.4. The van der Waals surface area contributed by atoms with Gasteiger partial charge >= 0.3 is 0 Å². The first-order chi connectivity index (χ1) is 31.3. The van der Waals surface area contributed by atoms with Gasteiger partial charge in [-0.3, -0.25) is 0 Å². The molecule has 12 rings (SSSR count). The maximum Gasteiger partial charge on any atom is 0.143 e. The van der Waals surface area contributed by atoms with Crippen LogP contribution in [0.2, 0.25) is 0 Å². The Morgan fingerprint density at radius 3 is 1.76 bits per heavy atom. The summed E-state index contributed by atoms with van der Waals surface area (Å²) in [6, 6.07) is 63.7. The van der Waals surface area contributed by atoms with Crippen LogP contribution in [0.4, 0.5) is 0 Å². The second-order valence-electron chi connectivity index (χ2n) is 15.2. The lowest BCUT2D eigenvalue weighted by molar-refractivity contribution is 0.489. The van der Waals surface area contributed by atoms with E-state index in [1.54, 1.807) is 0 Å². The maximum absolute atomic E-state index is 9.22. The fourth-order valence-electron chi connectivity index (χ4n) is 9.27. The van der Waals surface area contributed by atoms with Crippen LogP contribution in [0, 0.1) is 0 Å². The first kappa shape index (κ1) is 28.6. The van der Waals surface area contributed by atoms with Crippen molar-refractivity contribution in [2.75, 3.05) is 0 Å². The molecule has 0 fully saturated rings. The Balaban J connectivity index is 1.17. The minimum absolute atomic E-state index is 0.188. The van der Waals surface area contributed by atoms with Crippen molar-refractivity contribution < 1.29 is 11.6 Å². The normalized spacial score (nSPS) is 13.1. The summed E-state index contributed by atoms with van der Waals surface area (Å²) in [5, 5.41) is 7.53. The highest BCUT2D eigenvalue weighted by molar-refractivity contribution is 6.28. The minimum atomic E-state index is -0.414. The molecule has 1 heteroatoms. The molecule has 0 amide bonds. The molecule has 0 spiro atoms. The van der Waals surface area contributed by atoms with E-state index < -0.39 is 6.04 Å². The van der Waals surface area contributed by atoms with Crippen LogP contribution in [0.25, 0.3) is 110 Å². The largest absolute Gasteiger partial charge is 0.455 e. The van der Waals surface area contributed by atoms with Gasteiger partial charge in [0.2, 0.25) is 0 Å². The third kappa shape index (κ3) is 5.40. The third-order valence-corrected chi connectivity index (χ3v) is 11.9. The zero-order chi connectivity index (χ0) is 43.2. The Morgan fingerprint density at radius 1 is 0.322 bits per heavy atom. The van der Waals surface area contributed by atoms with E-state index in [-0.39, 0.29) is 29.7 Å². The standard InChI is InChI=1S/C58H36O/c1-4-15-37(16-5-1)42-29-32-53-52(36-42)50-26-14-22-41-28-30-47(58(59-53)56(41)50)44-33-43(38-17-6-2-7-18-38)34-45(35-44)54-48-24-12-13-25-49(48)55(40-20-8-3-9-21-40)57-46-23-11-10-19-39(46)27-31-51(54)57/h1-36H/i3D,8D,9D,20D,21D. The van der Waals surface area contributed by atoms with Crippen LogP contribution in [0.1, 0.15) is 6.85 Å². The Hall–Kier alpha value is -7.74. The highest BCUT2D eigenvalue weighted by atomic mass is 16.5. The van der Waals surface area contributed by atoms with Gasteiger partial charge < -0.3 is 4.74 Å². The van der Waals surface area contributed by atoms with Crippen LogP contribution in [0.15, 0.2) is 218 Å². The lowest BCUT2D eigenvalue weighted by atomic mass is 9.82. The van der Waals surface area contributed by atoms with Crippen LogP contribution in [0.5, 0.6) is 11.5 Å². The maximum atomic E-state index is 9.22. The van der Waals surface area contributed by atoms with Gasteiger partial charge in [0, 0.05) is 16.5 Å². The van der Waals surface area contributed by atoms with Crippen molar-refractivity contribution in [3.63, 3.8) is 0 Å². The van der Waals surface area contributed by atoms with E-state index in [0.29, 0.717) is 5.56 Å². The summed E-state index contributed by atoms with van der Waals surface area (Å²) in [4.78, 5) is 0. The van der Waals surface area contributed by atoms with E-state index >= 15 is 0 Å². The molecule has 0 aromatic heterocycles. The van der Waals surface area contributed by atoms with Crippen molar-refractivity contribution in [1.82, 2.24) is 0 Å². The van der Waals surface area contributed by atoms with Gasteiger partial charge in [-0.2, -0.15) is 0 Å². The van der Waals surface area contributed by atoms with E-state index in [1.807, 2.05) is 42.5 Å². The quantitative estimate of drug-likeness (QED) is 0.126. The molecule has 0 saturated carbocycles. The average molecular weight is 754 g/mol. The summed E-state index contributed by atoms with van der Waals surface area (Å²) in [5.41, 5.74) is 11.3. The highest BCUT2D eigenvalue weighted by Gasteiger charge is 2.25. The van der Waals surface area contributed by atoms with E-state index in [9.17, 15) is 2.74 Å². The summed E-state index contributed by atoms with van der Waals surface area (Å²) < 4.78 is 51.4. The molecular formula is C58H36O. The molecule has 274 valence electrons. The second-order valence-corrected chi connectivity index (χ2v) is 15.2. The topological polar surface area (TPSA) is 9.23 Å². The SMILES string of the molecule is [2H]c1c([2H])c([2H])c(-c2c3ccccc3c(-c3cc(-c4ccccc4)cc(-c4ccc5cccc6c5c4Oc4ccc(-c5ccccc5)cc4-6)c3)c3ccc4ccccc4c23)c([2H])c1[2H]. The van der Waals surface area contributed by atoms with Crippen molar-refractivity contribution in [1.29, 1.82) is 0 Å². The fourth-order valence-corrected chi connectivity index (χ4v) is 9.27.